The lowest BCUT2D eigenvalue weighted by Gasteiger charge is -2.09. The zero-order chi connectivity index (χ0) is 15.4. The third-order valence-corrected chi connectivity index (χ3v) is 3.73. The van der Waals surface area contributed by atoms with Gasteiger partial charge >= 0.3 is 5.76 Å². The van der Waals surface area contributed by atoms with Gasteiger partial charge in [0.2, 0.25) is 5.89 Å². The molecule has 0 saturated carbocycles. The lowest BCUT2D eigenvalue weighted by atomic mass is 10.1. The van der Waals surface area contributed by atoms with E-state index in [9.17, 15) is 4.79 Å². The third kappa shape index (κ3) is 3.17. The Morgan fingerprint density at radius 2 is 1.64 bits per heavy atom. The fourth-order valence-corrected chi connectivity index (χ4v) is 2.44. The van der Waals surface area contributed by atoms with Crippen LogP contribution in [0.5, 0.6) is 0 Å². The maximum absolute atomic E-state index is 12.0. The summed E-state index contributed by atoms with van der Waals surface area (Å²) < 4.78 is 6.69. The Hall–Kier alpha value is -2.62. The van der Waals surface area contributed by atoms with E-state index in [1.54, 1.807) is 0 Å². The predicted octanol–water partition coefficient (Wildman–Crippen LogP) is 3.23. The fraction of sp³-hybridized carbons (Fsp3) is 0.222. The molecule has 0 aliphatic carbocycles. The molecule has 22 heavy (non-hydrogen) atoms. The number of aromatic nitrogens is 2. The van der Waals surface area contributed by atoms with Crippen molar-refractivity contribution in [2.45, 2.75) is 25.8 Å². The van der Waals surface area contributed by atoms with Crippen molar-refractivity contribution in [2.24, 2.45) is 0 Å². The highest BCUT2D eigenvalue weighted by Crippen LogP contribution is 2.15. The SMILES string of the molecule is CC(c1ccccc1)n1nc(CCc2ccccc2)oc1=O. The van der Waals surface area contributed by atoms with E-state index in [1.807, 2.05) is 55.5 Å². The van der Waals surface area contributed by atoms with Crippen molar-refractivity contribution in [2.75, 3.05) is 0 Å². The highest BCUT2D eigenvalue weighted by Gasteiger charge is 2.15. The van der Waals surface area contributed by atoms with E-state index in [4.69, 9.17) is 4.42 Å². The van der Waals surface area contributed by atoms with E-state index in [0.29, 0.717) is 12.3 Å². The van der Waals surface area contributed by atoms with Crippen LogP contribution in [0.25, 0.3) is 0 Å². The van der Waals surface area contributed by atoms with Gasteiger partial charge in [0.15, 0.2) is 0 Å². The van der Waals surface area contributed by atoms with Crippen LogP contribution in [0.1, 0.15) is 30.0 Å². The monoisotopic (exact) mass is 294 g/mol. The summed E-state index contributed by atoms with van der Waals surface area (Å²) in [7, 11) is 0. The molecule has 1 unspecified atom stereocenters. The molecule has 0 bridgehead atoms. The first-order valence-corrected chi connectivity index (χ1v) is 7.41. The molecule has 112 valence electrons. The largest absolute Gasteiger partial charge is 0.437 e. The summed E-state index contributed by atoms with van der Waals surface area (Å²) >= 11 is 0. The van der Waals surface area contributed by atoms with E-state index in [-0.39, 0.29) is 6.04 Å². The number of nitrogens with zero attached hydrogens (tertiary/aromatic N) is 2. The topological polar surface area (TPSA) is 48.0 Å². The number of hydrogen-bond donors (Lipinski definition) is 0. The van der Waals surface area contributed by atoms with Gasteiger partial charge in [-0.3, -0.25) is 0 Å². The van der Waals surface area contributed by atoms with Gasteiger partial charge in [-0.05, 0) is 24.5 Å². The van der Waals surface area contributed by atoms with Crippen molar-refractivity contribution in [1.82, 2.24) is 9.78 Å². The van der Waals surface area contributed by atoms with Crippen LogP contribution < -0.4 is 5.76 Å². The molecule has 2 aromatic carbocycles. The molecule has 4 heteroatoms. The second kappa shape index (κ2) is 6.43. The summed E-state index contributed by atoms with van der Waals surface area (Å²) in [5.41, 5.74) is 2.24. The average molecular weight is 294 g/mol. The summed E-state index contributed by atoms with van der Waals surface area (Å²) in [6, 6.07) is 19.8. The highest BCUT2D eigenvalue weighted by atomic mass is 16.4. The molecule has 0 aliphatic heterocycles. The first kappa shape index (κ1) is 14.3. The van der Waals surface area contributed by atoms with E-state index in [2.05, 4.69) is 17.2 Å². The van der Waals surface area contributed by atoms with E-state index in [0.717, 1.165) is 12.0 Å². The van der Waals surface area contributed by atoms with Gasteiger partial charge in [0, 0.05) is 6.42 Å². The molecule has 3 rings (SSSR count). The second-order valence-electron chi connectivity index (χ2n) is 5.28. The smallest absolute Gasteiger partial charge is 0.392 e. The Morgan fingerprint density at radius 3 is 2.32 bits per heavy atom. The molecule has 1 heterocycles. The Morgan fingerprint density at radius 1 is 1.00 bits per heavy atom. The lowest BCUT2D eigenvalue weighted by molar-refractivity contribution is 0.437. The van der Waals surface area contributed by atoms with Gasteiger partial charge in [0.25, 0.3) is 0 Å². The van der Waals surface area contributed by atoms with Crippen LogP contribution in [0, 0.1) is 0 Å². The van der Waals surface area contributed by atoms with Gasteiger partial charge in [-0.1, -0.05) is 60.7 Å². The molecule has 4 nitrogen and oxygen atoms in total. The van der Waals surface area contributed by atoms with Gasteiger partial charge in [-0.2, -0.15) is 4.68 Å². The van der Waals surface area contributed by atoms with Crippen LogP contribution in [0.2, 0.25) is 0 Å². The zero-order valence-corrected chi connectivity index (χ0v) is 12.5. The molecule has 0 radical (unpaired) electrons. The van der Waals surface area contributed by atoms with Crippen molar-refractivity contribution in [1.29, 1.82) is 0 Å². The summed E-state index contributed by atoms with van der Waals surface area (Å²) in [6.07, 6.45) is 1.42. The molecule has 0 saturated heterocycles. The van der Waals surface area contributed by atoms with Crippen molar-refractivity contribution in [3.8, 4) is 0 Å². The molecule has 1 atom stereocenters. The molecule has 1 aromatic heterocycles. The molecule has 0 fully saturated rings. The van der Waals surface area contributed by atoms with Gasteiger partial charge in [-0.15, -0.1) is 5.10 Å². The molecule has 0 spiro atoms. The minimum Gasteiger partial charge on any atom is -0.392 e. The Kier molecular flexibility index (Phi) is 4.19. The minimum atomic E-state index is -0.403. The van der Waals surface area contributed by atoms with Gasteiger partial charge in [0.05, 0.1) is 6.04 Å². The number of hydrogen-bond acceptors (Lipinski definition) is 3. The van der Waals surface area contributed by atoms with Crippen molar-refractivity contribution in [3.63, 3.8) is 0 Å². The van der Waals surface area contributed by atoms with Crippen LogP contribution in [0.4, 0.5) is 0 Å². The van der Waals surface area contributed by atoms with E-state index in [1.165, 1.54) is 10.2 Å². The van der Waals surface area contributed by atoms with E-state index >= 15 is 0 Å². The first-order valence-electron chi connectivity index (χ1n) is 7.41. The maximum atomic E-state index is 12.0. The lowest BCUT2D eigenvalue weighted by Crippen LogP contribution is -2.20. The fourth-order valence-electron chi connectivity index (χ4n) is 2.44. The average Bonchev–Trinajstić information content (AvgIpc) is 2.95. The van der Waals surface area contributed by atoms with Crippen molar-refractivity contribution in [3.05, 3.63) is 88.2 Å². The highest BCUT2D eigenvalue weighted by molar-refractivity contribution is 5.18. The van der Waals surface area contributed by atoms with E-state index < -0.39 is 5.76 Å². The van der Waals surface area contributed by atoms with Crippen LogP contribution in [0.15, 0.2) is 69.9 Å². The third-order valence-electron chi connectivity index (χ3n) is 3.73. The predicted molar refractivity (Wildman–Crippen MR) is 84.9 cm³/mol. The number of benzene rings is 2. The zero-order valence-electron chi connectivity index (χ0n) is 12.5. The summed E-state index contributed by atoms with van der Waals surface area (Å²) in [4.78, 5) is 12.0. The molecule has 3 aromatic rings. The molecule has 0 aliphatic rings. The maximum Gasteiger partial charge on any atom is 0.437 e. The van der Waals surface area contributed by atoms with Crippen molar-refractivity contribution >= 4 is 0 Å². The van der Waals surface area contributed by atoms with Gasteiger partial charge in [0.1, 0.15) is 0 Å². The van der Waals surface area contributed by atoms with Crippen molar-refractivity contribution < 1.29 is 4.42 Å². The van der Waals surface area contributed by atoms with Crippen LogP contribution in [-0.2, 0) is 12.8 Å². The number of aryl methyl sites for hydroxylation is 2. The van der Waals surface area contributed by atoms with Crippen LogP contribution in [0.3, 0.4) is 0 Å². The summed E-state index contributed by atoms with van der Waals surface area (Å²) in [6.45, 7) is 1.94. The minimum absolute atomic E-state index is 0.136. The van der Waals surface area contributed by atoms with Crippen LogP contribution in [-0.4, -0.2) is 9.78 Å². The normalized spacial score (nSPS) is 12.2. The Labute approximate surface area is 129 Å². The van der Waals surface area contributed by atoms with Gasteiger partial charge in [-0.25, -0.2) is 4.79 Å². The quantitative estimate of drug-likeness (QED) is 0.726. The Balaban J connectivity index is 1.75. The Bertz CT molecular complexity index is 776. The molecule has 0 amide bonds. The standard InChI is InChI=1S/C18H18N2O2/c1-14(16-10-6-3-7-11-16)20-18(21)22-17(19-20)13-12-15-8-4-2-5-9-15/h2-11,14H,12-13H2,1H3. The molecular formula is C18H18N2O2. The second-order valence-corrected chi connectivity index (χ2v) is 5.28. The summed E-state index contributed by atoms with van der Waals surface area (Å²) in [5.74, 6) is 0.0797. The molecule has 0 N–H and O–H groups in total. The summed E-state index contributed by atoms with van der Waals surface area (Å²) in [5, 5.41) is 4.34. The molecular weight excluding hydrogens is 276 g/mol. The van der Waals surface area contributed by atoms with Gasteiger partial charge < -0.3 is 4.42 Å². The first-order chi connectivity index (χ1) is 10.7. The number of rotatable bonds is 5. The van der Waals surface area contributed by atoms with Crippen LogP contribution >= 0.6 is 0 Å².